The summed E-state index contributed by atoms with van der Waals surface area (Å²) in [4.78, 5) is 2.74. The largest absolute Gasteiger partial charge is 0.390 e. The molecular weight excluding hydrogens is 290 g/mol. The Bertz CT molecular complexity index is 551. The molecule has 0 spiro atoms. The Kier molecular flexibility index (Phi) is 4.58. The van der Waals surface area contributed by atoms with Gasteiger partial charge in [0.25, 0.3) is 0 Å². The van der Waals surface area contributed by atoms with Gasteiger partial charge in [-0.25, -0.2) is 0 Å². The summed E-state index contributed by atoms with van der Waals surface area (Å²) in [7, 11) is 1.43. The number of fused-ring (bicyclic) bond motifs is 1. The molecule has 6 atom stereocenters. The van der Waals surface area contributed by atoms with E-state index in [4.69, 9.17) is 24.5 Å². The first-order chi connectivity index (χ1) is 10.7. The number of nitrogens with zero attached hydrogens (tertiary/aromatic N) is 3. The molecule has 8 heteroatoms. The maximum Gasteiger partial charge on any atom is 0.184 e. The summed E-state index contributed by atoms with van der Waals surface area (Å²) in [5.74, 6) is 0. The highest BCUT2D eigenvalue weighted by atomic mass is 16.7. The molecule has 0 radical (unpaired) electrons. The van der Waals surface area contributed by atoms with E-state index >= 15 is 0 Å². The number of azide groups is 1. The Morgan fingerprint density at radius 2 is 2.09 bits per heavy atom. The van der Waals surface area contributed by atoms with Crippen molar-refractivity contribution in [3.63, 3.8) is 0 Å². The number of aliphatic hydroxyl groups excluding tert-OH is 1. The van der Waals surface area contributed by atoms with Gasteiger partial charge in [0.05, 0.1) is 12.7 Å². The maximum atomic E-state index is 10.5. The lowest BCUT2D eigenvalue weighted by molar-refractivity contribution is -0.338. The number of ether oxygens (including phenoxy) is 4. The van der Waals surface area contributed by atoms with Crippen LogP contribution in [0.5, 0.6) is 0 Å². The van der Waals surface area contributed by atoms with Gasteiger partial charge in [-0.05, 0) is 5.53 Å². The van der Waals surface area contributed by atoms with Crippen molar-refractivity contribution in [3.8, 4) is 0 Å². The summed E-state index contributed by atoms with van der Waals surface area (Å²) >= 11 is 0. The zero-order chi connectivity index (χ0) is 15.5. The molecule has 1 N–H and O–H groups in total. The Morgan fingerprint density at radius 1 is 1.32 bits per heavy atom. The lowest BCUT2D eigenvalue weighted by atomic mass is 9.96. The van der Waals surface area contributed by atoms with E-state index in [1.54, 1.807) is 0 Å². The fraction of sp³-hybridized carbons (Fsp3) is 0.571. The monoisotopic (exact) mass is 307 g/mol. The van der Waals surface area contributed by atoms with Crippen LogP contribution in [-0.4, -0.2) is 49.5 Å². The van der Waals surface area contributed by atoms with Crippen LogP contribution in [0.2, 0.25) is 0 Å². The van der Waals surface area contributed by atoms with E-state index in [1.807, 2.05) is 30.3 Å². The molecule has 2 aliphatic rings. The van der Waals surface area contributed by atoms with Crippen LogP contribution in [0.15, 0.2) is 35.4 Å². The van der Waals surface area contributed by atoms with Crippen LogP contribution in [0.4, 0.5) is 0 Å². The van der Waals surface area contributed by atoms with Crippen molar-refractivity contribution in [1.29, 1.82) is 0 Å². The zero-order valence-electron chi connectivity index (χ0n) is 12.0. The fourth-order valence-corrected chi connectivity index (χ4v) is 2.73. The Labute approximate surface area is 127 Å². The molecule has 8 nitrogen and oxygen atoms in total. The van der Waals surface area contributed by atoms with Gasteiger partial charge in [0.2, 0.25) is 0 Å². The van der Waals surface area contributed by atoms with Gasteiger partial charge >= 0.3 is 0 Å². The molecule has 0 amide bonds. The number of benzene rings is 1. The average Bonchev–Trinajstić information content (AvgIpc) is 2.58. The van der Waals surface area contributed by atoms with E-state index in [9.17, 15) is 5.11 Å². The van der Waals surface area contributed by atoms with E-state index in [2.05, 4.69) is 10.0 Å². The molecule has 2 heterocycles. The second kappa shape index (κ2) is 6.62. The topological polar surface area (TPSA) is 106 Å². The summed E-state index contributed by atoms with van der Waals surface area (Å²) in [6.07, 6.45) is -3.58. The Hall–Kier alpha value is -1.67. The van der Waals surface area contributed by atoms with Crippen molar-refractivity contribution < 1.29 is 24.1 Å². The molecule has 0 aromatic heterocycles. The molecular formula is C14H17N3O5. The maximum absolute atomic E-state index is 10.5. The minimum absolute atomic E-state index is 0.254. The molecule has 0 saturated carbocycles. The number of aliphatic hydroxyl groups is 1. The first kappa shape index (κ1) is 15.2. The van der Waals surface area contributed by atoms with Crippen LogP contribution in [-0.2, 0) is 18.9 Å². The summed E-state index contributed by atoms with van der Waals surface area (Å²) in [6.45, 7) is 0.254. The highest BCUT2D eigenvalue weighted by molar-refractivity contribution is 5.16. The SMILES string of the molecule is CO[C@H]1O[C@@H]2CO[C@@H](c3ccccc3)O[C@H]2[C@@H](O)[C@@H]1N=[N+]=[N-]. The number of hydrogen-bond acceptors (Lipinski definition) is 6. The van der Waals surface area contributed by atoms with Crippen LogP contribution in [0.1, 0.15) is 11.9 Å². The van der Waals surface area contributed by atoms with Crippen molar-refractivity contribution in [1.82, 2.24) is 0 Å². The van der Waals surface area contributed by atoms with Gasteiger partial charge in [-0.2, -0.15) is 0 Å². The molecule has 1 aromatic carbocycles. The Balaban J connectivity index is 1.79. The van der Waals surface area contributed by atoms with Gasteiger partial charge in [0, 0.05) is 17.6 Å². The fourth-order valence-electron chi connectivity index (χ4n) is 2.73. The number of methoxy groups -OCH3 is 1. The van der Waals surface area contributed by atoms with Gasteiger partial charge < -0.3 is 24.1 Å². The molecule has 0 unspecified atom stereocenters. The van der Waals surface area contributed by atoms with Gasteiger partial charge in [-0.3, -0.25) is 0 Å². The molecule has 118 valence electrons. The lowest BCUT2D eigenvalue weighted by Gasteiger charge is -2.46. The third kappa shape index (κ3) is 2.80. The van der Waals surface area contributed by atoms with E-state index < -0.39 is 36.9 Å². The van der Waals surface area contributed by atoms with Crippen molar-refractivity contribution in [2.45, 2.75) is 36.9 Å². The van der Waals surface area contributed by atoms with Crippen LogP contribution in [0, 0.1) is 0 Å². The molecule has 22 heavy (non-hydrogen) atoms. The summed E-state index contributed by atoms with van der Waals surface area (Å²) in [5, 5.41) is 14.0. The minimum Gasteiger partial charge on any atom is -0.390 e. The van der Waals surface area contributed by atoms with Gasteiger partial charge in [-0.15, -0.1) is 0 Å². The molecule has 2 fully saturated rings. The van der Waals surface area contributed by atoms with Crippen molar-refractivity contribution >= 4 is 0 Å². The van der Waals surface area contributed by atoms with Crippen molar-refractivity contribution in [3.05, 3.63) is 46.3 Å². The van der Waals surface area contributed by atoms with Crippen molar-refractivity contribution in [2.24, 2.45) is 5.11 Å². The second-order valence-corrected chi connectivity index (χ2v) is 5.14. The summed E-state index contributed by atoms with van der Waals surface area (Å²) in [5.41, 5.74) is 9.50. The molecule has 3 rings (SSSR count). The van der Waals surface area contributed by atoms with E-state index in [1.165, 1.54) is 7.11 Å². The highest BCUT2D eigenvalue weighted by Gasteiger charge is 2.49. The lowest BCUT2D eigenvalue weighted by Crippen LogP contribution is -2.61. The highest BCUT2D eigenvalue weighted by Crippen LogP contribution is 2.35. The van der Waals surface area contributed by atoms with E-state index in [0.717, 1.165) is 5.56 Å². The number of rotatable bonds is 3. The summed E-state index contributed by atoms with van der Waals surface area (Å²) in [6, 6.07) is 8.55. The molecule has 2 aliphatic heterocycles. The van der Waals surface area contributed by atoms with Crippen LogP contribution in [0.25, 0.3) is 10.4 Å². The third-order valence-corrected chi connectivity index (χ3v) is 3.82. The predicted octanol–water partition coefficient (Wildman–Crippen LogP) is 1.51. The normalized spacial score (nSPS) is 37.9. The van der Waals surface area contributed by atoms with E-state index in [-0.39, 0.29) is 6.61 Å². The van der Waals surface area contributed by atoms with Crippen LogP contribution < -0.4 is 0 Å². The van der Waals surface area contributed by atoms with E-state index in [0.29, 0.717) is 0 Å². The van der Waals surface area contributed by atoms with Gasteiger partial charge in [0.15, 0.2) is 12.6 Å². The van der Waals surface area contributed by atoms with Crippen LogP contribution >= 0.6 is 0 Å². The van der Waals surface area contributed by atoms with Crippen molar-refractivity contribution in [2.75, 3.05) is 13.7 Å². The standard InChI is InChI=1S/C14H17N3O5/c1-19-14-10(16-17-15)11(18)12-9(21-14)7-20-13(22-12)8-5-3-2-4-6-8/h2-6,9-14,18H,7H2,1H3/t9-,10+,11+,12-,13-,14+/m1/s1. The first-order valence-electron chi connectivity index (χ1n) is 6.97. The molecule has 1 aromatic rings. The second-order valence-electron chi connectivity index (χ2n) is 5.14. The average molecular weight is 307 g/mol. The van der Waals surface area contributed by atoms with Gasteiger partial charge in [-0.1, -0.05) is 35.4 Å². The minimum atomic E-state index is -1.03. The smallest absolute Gasteiger partial charge is 0.184 e. The third-order valence-electron chi connectivity index (χ3n) is 3.82. The Morgan fingerprint density at radius 3 is 2.77 bits per heavy atom. The molecule has 0 aliphatic carbocycles. The quantitative estimate of drug-likeness (QED) is 0.517. The predicted molar refractivity (Wildman–Crippen MR) is 74.6 cm³/mol. The molecule has 0 bridgehead atoms. The van der Waals surface area contributed by atoms with Gasteiger partial charge in [0.1, 0.15) is 18.2 Å². The number of hydrogen-bond donors (Lipinski definition) is 1. The molecule has 2 saturated heterocycles. The zero-order valence-corrected chi connectivity index (χ0v) is 12.0. The van der Waals surface area contributed by atoms with Crippen LogP contribution in [0.3, 0.4) is 0 Å². The first-order valence-corrected chi connectivity index (χ1v) is 6.97. The summed E-state index contributed by atoms with van der Waals surface area (Å²) < 4.78 is 22.3.